The van der Waals surface area contributed by atoms with Crippen LogP contribution in [0.25, 0.3) is 0 Å². The minimum atomic E-state index is -0.572. The van der Waals surface area contributed by atoms with Crippen molar-refractivity contribution in [3.8, 4) is 5.75 Å². The van der Waals surface area contributed by atoms with Crippen LogP contribution in [-0.4, -0.2) is 29.6 Å². The average Bonchev–Trinajstić information content (AvgIpc) is 2.94. The molecule has 1 aromatic rings. The van der Waals surface area contributed by atoms with Crippen molar-refractivity contribution >= 4 is 27.5 Å². The van der Waals surface area contributed by atoms with E-state index < -0.39 is 11.0 Å². The first-order valence-electron chi connectivity index (χ1n) is 6.24. The van der Waals surface area contributed by atoms with E-state index in [0.29, 0.717) is 23.1 Å². The van der Waals surface area contributed by atoms with Crippen LogP contribution in [0.15, 0.2) is 22.7 Å². The predicted octanol–water partition coefficient (Wildman–Crippen LogP) is 1.27. The molecule has 2 unspecified atom stereocenters. The zero-order valence-corrected chi connectivity index (χ0v) is 12.5. The summed E-state index contributed by atoms with van der Waals surface area (Å²) in [6.07, 6.45) is 0.397. The maximum Gasteiger partial charge on any atom is 0.273 e. The van der Waals surface area contributed by atoms with Gasteiger partial charge >= 0.3 is 0 Å². The molecule has 1 amide bonds. The Morgan fingerprint density at radius 1 is 1.57 bits per heavy atom. The van der Waals surface area contributed by atoms with Crippen LogP contribution in [-0.2, 0) is 9.53 Å². The summed E-state index contributed by atoms with van der Waals surface area (Å²) < 4.78 is 11.6. The number of carbonyl (C=O) groups excluding carboxylic acids is 1. The number of nitrogens with two attached hydrogens (primary N) is 1. The Labute approximate surface area is 128 Å². The number of nitrogens with one attached hydrogen (secondary N) is 1. The molecule has 0 radical (unpaired) electrons. The molecule has 0 spiro atoms. The lowest BCUT2D eigenvalue weighted by Gasteiger charge is -2.14. The quantitative estimate of drug-likeness (QED) is 0.354. The van der Waals surface area contributed by atoms with Gasteiger partial charge in [-0.3, -0.25) is 20.3 Å². The number of rotatable bonds is 5. The average molecular weight is 360 g/mol. The molecule has 0 aromatic heterocycles. The van der Waals surface area contributed by atoms with Gasteiger partial charge in [0.05, 0.1) is 21.6 Å². The molecular formula is C12H14BrN3O5. The predicted molar refractivity (Wildman–Crippen MR) is 76.5 cm³/mol. The lowest BCUT2D eigenvalue weighted by Crippen LogP contribution is -2.39. The lowest BCUT2D eigenvalue weighted by atomic mass is 10.2. The van der Waals surface area contributed by atoms with E-state index in [1.54, 1.807) is 6.07 Å². The molecule has 1 aliphatic heterocycles. The van der Waals surface area contributed by atoms with Gasteiger partial charge in [-0.05, 0) is 34.8 Å². The zero-order chi connectivity index (χ0) is 15.4. The van der Waals surface area contributed by atoms with Gasteiger partial charge in [0.15, 0.2) is 0 Å². The third kappa shape index (κ3) is 3.90. The van der Waals surface area contributed by atoms with Crippen molar-refractivity contribution in [3.05, 3.63) is 32.8 Å². The summed E-state index contributed by atoms with van der Waals surface area (Å²) >= 11 is 3.27. The molecule has 8 nitrogen and oxygen atoms in total. The van der Waals surface area contributed by atoms with Gasteiger partial charge < -0.3 is 9.47 Å². The van der Waals surface area contributed by atoms with E-state index in [1.807, 2.05) is 5.43 Å². The smallest absolute Gasteiger partial charge is 0.273 e. The van der Waals surface area contributed by atoms with Crippen LogP contribution in [0.4, 0.5) is 5.69 Å². The fourth-order valence-electron chi connectivity index (χ4n) is 2.01. The van der Waals surface area contributed by atoms with Crippen LogP contribution in [0.2, 0.25) is 0 Å². The molecule has 0 saturated carbocycles. The summed E-state index contributed by atoms with van der Waals surface area (Å²) in [7, 11) is 0. The van der Waals surface area contributed by atoms with Gasteiger partial charge in [-0.1, -0.05) is 0 Å². The molecule has 1 aliphatic rings. The minimum Gasteiger partial charge on any atom is -0.489 e. The van der Waals surface area contributed by atoms with Gasteiger partial charge in [0.2, 0.25) is 0 Å². The largest absolute Gasteiger partial charge is 0.489 e. The highest BCUT2D eigenvalue weighted by atomic mass is 79.9. The fourth-order valence-corrected chi connectivity index (χ4v) is 2.37. The summed E-state index contributed by atoms with van der Waals surface area (Å²) in [5.41, 5.74) is 1.99. The summed E-state index contributed by atoms with van der Waals surface area (Å²) in [5.74, 6) is 5.04. The van der Waals surface area contributed by atoms with Gasteiger partial charge in [-0.25, -0.2) is 5.84 Å². The zero-order valence-electron chi connectivity index (χ0n) is 11.0. The molecule has 9 heteroatoms. The van der Waals surface area contributed by atoms with Gasteiger partial charge in [0.25, 0.3) is 11.6 Å². The van der Waals surface area contributed by atoms with Crippen molar-refractivity contribution < 1.29 is 19.2 Å². The van der Waals surface area contributed by atoms with E-state index in [2.05, 4.69) is 15.9 Å². The van der Waals surface area contributed by atoms with Crippen molar-refractivity contribution in [2.75, 3.05) is 6.61 Å². The van der Waals surface area contributed by atoms with Crippen LogP contribution in [0.3, 0.4) is 0 Å². The number of carbonyl (C=O) groups is 1. The van der Waals surface area contributed by atoms with Crippen LogP contribution in [0, 0.1) is 10.1 Å². The van der Waals surface area contributed by atoms with Crippen molar-refractivity contribution in [1.29, 1.82) is 0 Å². The second-order valence-electron chi connectivity index (χ2n) is 4.52. The van der Waals surface area contributed by atoms with E-state index in [4.69, 9.17) is 15.3 Å². The van der Waals surface area contributed by atoms with Crippen molar-refractivity contribution in [1.82, 2.24) is 5.43 Å². The maximum atomic E-state index is 11.3. The van der Waals surface area contributed by atoms with Gasteiger partial charge in [-0.15, -0.1) is 0 Å². The molecular weight excluding hydrogens is 346 g/mol. The summed E-state index contributed by atoms with van der Waals surface area (Å²) in [5, 5.41) is 10.7. The number of hydrazine groups is 1. The van der Waals surface area contributed by atoms with E-state index in [0.717, 1.165) is 0 Å². The van der Waals surface area contributed by atoms with Crippen LogP contribution < -0.4 is 16.0 Å². The molecule has 1 aromatic carbocycles. The fraction of sp³-hybridized carbons (Fsp3) is 0.417. The first-order chi connectivity index (χ1) is 10.0. The third-order valence-corrected chi connectivity index (χ3v) is 3.75. The summed E-state index contributed by atoms with van der Waals surface area (Å²) in [6.45, 7) is 0.202. The van der Waals surface area contributed by atoms with E-state index in [1.165, 1.54) is 12.1 Å². The molecule has 21 heavy (non-hydrogen) atoms. The second kappa shape index (κ2) is 6.83. The number of non-ortho nitro benzene ring substituents is 1. The topological polar surface area (TPSA) is 117 Å². The number of hydrogen-bond donors (Lipinski definition) is 2. The Kier molecular flexibility index (Phi) is 5.10. The molecule has 0 aliphatic carbocycles. The number of nitrogens with zero attached hydrogens (tertiary/aromatic N) is 1. The second-order valence-corrected chi connectivity index (χ2v) is 5.37. The number of ether oxygens (including phenoxy) is 2. The molecule has 1 fully saturated rings. The van der Waals surface area contributed by atoms with Gasteiger partial charge in [0, 0.05) is 6.07 Å². The van der Waals surface area contributed by atoms with Crippen molar-refractivity contribution in [3.63, 3.8) is 0 Å². The molecule has 0 bridgehead atoms. The van der Waals surface area contributed by atoms with Crippen molar-refractivity contribution in [2.24, 2.45) is 5.84 Å². The number of halogens is 1. The molecule has 3 N–H and O–H groups in total. The SMILES string of the molecule is NNC(=O)C1CCC(COc2cc([N+](=O)[O-])ccc2Br)O1. The van der Waals surface area contributed by atoms with Crippen LogP contribution in [0.5, 0.6) is 5.75 Å². The van der Waals surface area contributed by atoms with E-state index in [-0.39, 0.29) is 24.3 Å². The molecule has 2 rings (SSSR count). The Bertz CT molecular complexity index is 554. The lowest BCUT2D eigenvalue weighted by molar-refractivity contribution is -0.385. The van der Waals surface area contributed by atoms with Gasteiger partial charge in [-0.2, -0.15) is 0 Å². The first kappa shape index (κ1) is 15.7. The van der Waals surface area contributed by atoms with Crippen LogP contribution in [0.1, 0.15) is 12.8 Å². The number of hydrogen-bond acceptors (Lipinski definition) is 6. The molecule has 1 heterocycles. The van der Waals surface area contributed by atoms with Crippen molar-refractivity contribution in [2.45, 2.75) is 25.0 Å². The van der Waals surface area contributed by atoms with Gasteiger partial charge in [0.1, 0.15) is 18.5 Å². The van der Waals surface area contributed by atoms with E-state index in [9.17, 15) is 14.9 Å². The van der Waals surface area contributed by atoms with E-state index >= 15 is 0 Å². The molecule has 1 saturated heterocycles. The number of amides is 1. The number of nitro benzene ring substituents is 1. The first-order valence-corrected chi connectivity index (χ1v) is 7.03. The Balaban J connectivity index is 1.93. The minimum absolute atomic E-state index is 0.0547. The molecule has 114 valence electrons. The maximum absolute atomic E-state index is 11.3. The normalized spacial score (nSPS) is 21.0. The number of nitro groups is 1. The van der Waals surface area contributed by atoms with Crippen LogP contribution >= 0.6 is 15.9 Å². The monoisotopic (exact) mass is 359 g/mol. The highest BCUT2D eigenvalue weighted by Gasteiger charge is 2.30. The molecule has 2 atom stereocenters. The Morgan fingerprint density at radius 3 is 3.00 bits per heavy atom. The standard InChI is InChI=1S/C12H14BrN3O5/c13-9-3-1-7(16(18)19)5-11(9)20-6-8-2-4-10(21-8)12(17)15-14/h1,3,5,8,10H,2,4,6,14H2,(H,15,17). The Morgan fingerprint density at radius 2 is 2.33 bits per heavy atom. The summed E-state index contributed by atoms with van der Waals surface area (Å²) in [6, 6.07) is 4.27. The number of benzene rings is 1. The highest BCUT2D eigenvalue weighted by Crippen LogP contribution is 2.30. The Hall–Kier alpha value is -1.71. The highest BCUT2D eigenvalue weighted by molar-refractivity contribution is 9.10. The third-order valence-electron chi connectivity index (χ3n) is 3.09. The summed E-state index contributed by atoms with van der Waals surface area (Å²) in [4.78, 5) is 21.6.